The highest BCUT2D eigenvalue weighted by Crippen LogP contribution is 2.25. The van der Waals surface area contributed by atoms with Gasteiger partial charge in [-0.1, -0.05) is 11.8 Å². The smallest absolute Gasteiger partial charge is 0.258 e. The molecule has 0 bridgehead atoms. The van der Waals surface area contributed by atoms with E-state index in [9.17, 15) is 0 Å². The molecular formula is C7H5BrN2OS. The first-order chi connectivity index (χ1) is 5.81. The van der Waals surface area contributed by atoms with Gasteiger partial charge >= 0.3 is 0 Å². The fraction of sp³-hybridized carbons (Fsp3) is 0.143. The summed E-state index contributed by atoms with van der Waals surface area (Å²) in [6.07, 6.45) is 3.60. The molecule has 0 atom stereocenters. The van der Waals surface area contributed by atoms with E-state index in [-0.39, 0.29) is 0 Å². The van der Waals surface area contributed by atoms with Crippen LogP contribution in [0.4, 0.5) is 0 Å². The van der Waals surface area contributed by atoms with Crippen molar-refractivity contribution in [3.63, 3.8) is 0 Å². The van der Waals surface area contributed by atoms with Crippen LogP contribution < -0.4 is 0 Å². The zero-order valence-electron chi connectivity index (χ0n) is 6.24. The largest absolute Gasteiger partial charge is 0.412 e. The summed E-state index contributed by atoms with van der Waals surface area (Å²) < 4.78 is 6.22. The molecular weight excluding hydrogens is 240 g/mol. The molecule has 0 fully saturated rings. The zero-order valence-corrected chi connectivity index (χ0v) is 8.65. The lowest BCUT2D eigenvalue weighted by Crippen LogP contribution is -1.73. The molecule has 0 N–H and O–H groups in total. The van der Waals surface area contributed by atoms with Crippen molar-refractivity contribution in [2.75, 3.05) is 6.26 Å². The Morgan fingerprint density at radius 3 is 3.08 bits per heavy atom. The average Bonchev–Trinajstić information content (AvgIpc) is 2.49. The Morgan fingerprint density at radius 2 is 2.42 bits per heavy atom. The summed E-state index contributed by atoms with van der Waals surface area (Å²) in [6, 6.07) is 1.84. The van der Waals surface area contributed by atoms with Crippen molar-refractivity contribution >= 4 is 38.9 Å². The lowest BCUT2D eigenvalue weighted by molar-refractivity contribution is 0.482. The molecule has 62 valence electrons. The van der Waals surface area contributed by atoms with E-state index in [1.807, 2.05) is 12.3 Å². The van der Waals surface area contributed by atoms with Crippen molar-refractivity contribution < 1.29 is 4.42 Å². The predicted octanol–water partition coefficient (Wildman–Crippen LogP) is 2.71. The fourth-order valence-corrected chi connectivity index (χ4v) is 1.59. The predicted molar refractivity (Wildman–Crippen MR) is 51.3 cm³/mol. The molecule has 2 aromatic heterocycles. The Hall–Kier alpha value is -0.550. The van der Waals surface area contributed by atoms with E-state index in [0.717, 1.165) is 9.99 Å². The standard InChI is InChI=1S/C7H5BrN2OS/c1-12-7-10-5-4(8)2-3-9-6(5)11-7/h2-3H,1H3. The van der Waals surface area contributed by atoms with Crippen LogP contribution in [-0.4, -0.2) is 16.2 Å². The number of thioether (sulfide) groups is 1. The molecule has 2 aromatic rings. The van der Waals surface area contributed by atoms with Gasteiger partial charge in [-0.15, -0.1) is 0 Å². The second-order valence-electron chi connectivity index (χ2n) is 2.13. The Balaban J connectivity index is 2.74. The Bertz CT molecular complexity index is 415. The SMILES string of the molecule is CSc1nc2c(Br)ccnc2o1. The third kappa shape index (κ3) is 1.23. The van der Waals surface area contributed by atoms with Crippen LogP contribution in [0, 0.1) is 0 Å². The molecule has 0 saturated heterocycles. The van der Waals surface area contributed by atoms with Crippen molar-refractivity contribution in [2.45, 2.75) is 5.22 Å². The minimum absolute atomic E-state index is 0.578. The summed E-state index contributed by atoms with van der Waals surface area (Å²) in [7, 11) is 0. The Morgan fingerprint density at radius 1 is 1.58 bits per heavy atom. The van der Waals surface area contributed by atoms with E-state index in [4.69, 9.17) is 4.42 Å². The number of pyridine rings is 1. The first-order valence-electron chi connectivity index (χ1n) is 3.26. The highest BCUT2D eigenvalue weighted by Gasteiger charge is 2.07. The van der Waals surface area contributed by atoms with Gasteiger partial charge in [0.2, 0.25) is 5.71 Å². The number of nitrogens with zero attached hydrogens (tertiary/aromatic N) is 2. The van der Waals surface area contributed by atoms with Crippen LogP contribution >= 0.6 is 27.7 Å². The van der Waals surface area contributed by atoms with Crippen molar-refractivity contribution in [1.29, 1.82) is 0 Å². The molecule has 0 radical (unpaired) electrons. The maximum atomic E-state index is 5.31. The summed E-state index contributed by atoms with van der Waals surface area (Å²) >= 11 is 4.83. The molecule has 5 heteroatoms. The minimum Gasteiger partial charge on any atom is -0.412 e. The molecule has 3 nitrogen and oxygen atoms in total. The van der Waals surface area contributed by atoms with Crippen LogP contribution in [-0.2, 0) is 0 Å². The van der Waals surface area contributed by atoms with Crippen molar-refractivity contribution in [1.82, 2.24) is 9.97 Å². The molecule has 0 saturated carbocycles. The van der Waals surface area contributed by atoms with Gasteiger partial charge in [0.25, 0.3) is 5.22 Å². The summed E-state index contributed by atoms with van der Waals surface area (Å²) in [5, 5.41) is 0.643. The third-order valence-electron chi connectivity index (χ3n) is 1.40. The number of halogens is 1. The maximum Gasteiger partial charge on any atom is 0.258 e. The Labute approximate surface area is 81.7 Å². The average molecular weight is 245 g/mol. The van der Waals surface area contributed by atoms with Gasteiger partial charge < -0.3 is 4.42 Å². The summed E-state index contributed by atoms with van der Waals surface area (Å²) in [5.74, 6) is 0. The van der Waals surface area contributed by atoms with E-state index in [0.29, 0.717) is 10.9 Å². The van der Waals surface area contributed by atoms with Crippen LogP contribution in [0.2, 0.25) is 0 Å². The Kier molecular flexibility index (Phi) is 2.06. The van der Waals surface area contributed by atoms with Crippen LogP contribution in [0.15, 0.2) is 26.4 Å². The van der Waals surface area contributed by atoms with E-state index in [2.05, 4.69) is 25.9 Å². The zero-order chi connectivity index (χ0) is 8.55. The molecule has 0 aliphatic heterocycles. The third-order valence-corrected chi connectivity index (χ3v) is 2.57. The highest BCUT2D eigenvalue weighted by atomic mass is 79.9. The molecule has 0 aliphatic rings. The molecule has 2 heterocycles. The summed E-state index contributed by atoms with van der Waals surface area (Å²) in [6.45, 7) is 0. The number of fused-ring (bicyclic) bond motifs is 1. The van der Waals surface area contributed by atoms with Gasteiger partial charge in [-0.05, 0) is 28.3 Å². The molecule has 0 aromatic carbocycles. The number of rotatable bonds is 1. The van der Waals surface area contributed by atoms with Crippen molar-refractivity contribution in [3.8, 4) is 0 Å². The van der Waals surface area contributed by atoms with Gasteiger partial charge in [0.1, 0.15) is 5.52 Å². The maximum absolute atomic E-state index is 5.31. The normalized spacial score (nSPS) is 10.8. The van der Waals surface area contributed by atoms with Gasteiger partial charge in [0.15, 0.2) is 0 Å². The van der Waals surface area contributed by atoms with E-state index < -0.39 is 0 Å². The number of oxazole rings is 1. The first-order valence-corrected chi connectivity index (χ1v) is 5.28. The van der Waals surface area contributed by atoms with Crippen molar-refractivity contribution in [2.24, 2.45) is 0 Å². The van der Waals surface area contributed by atoms with Gasteiger partial charge in [-0.2, -0.15) is 0 Å². The van der Waals surface area contributed by atoms with Gasteiger partial charge in [0.05, 0.1) is 4.47 Å². The lowest BCUT2D eigenvalue weighted by atomic mass is 10.4. The minimum atomic E-state index is 0.578. The molecule has 2 rings (SSSR count). The van der Waals surface area contributed by atoms with E-state index >= 15 is 0 Å². The first kappa shape index (κ1) is 8.07. The molecule has 0 aliphatic carbocycles. The van der Waals surface area contributed by atoms with Crippen LogP contribution in [0.25, 0.3) is 11.2 Å². The monoisotopic (exact) mass is 244 g/mol. The lowest BCUT2D eigenvalue weighted by Gasteiger charge is -1.85. The molecule has 0 amide bonds. The highest BCUT2D eigenvalue weighted by molar-refractivity contribution is 9.10. The van der Waals surface area contributed by atoms with Crippen molar-refractivity contribution in [3.05, 3.63) is 16.7 Å². The summed E-state index contributed by atoms with van der Waals surface area (Å²) in [5.41, 5.74) is 1.36. The second kappa shape index (κ2) is 3.06. The van der Waals surface area contributed by atoms with Crippen LogP contribution in [0.3, 0.4) is 0 Å². The number of aromatic nitrogens is 2. The number of hydrogen-bond donors (Lipinski definition) is 0. The van der Waals surface area contributed by atoms with Gasteiger partial charge in [0, 0.05) is 6.20 Å². The topological polar surface area (TPSA) is 38.9 Å². The molecule has 12 heavy (non-hydrogen) atoms. The van der Waals surface area contributed by atoms with E-state index in [1.54, 1.807) is 6.20 Å². The van der Waals surface area contributed by atoms with Crippen LogP contribution in [0.1, 0.15) is 0 Å². The second-order valence-corrected chi connectivity index (χ2v) is 3.74. The van der Waals surface area contributed by atoms with Gasteiger partial charge in [-0.25, -0.2) is 9.97 Å². The molecule has 0 unspecified atom stereocenters. The van der Waals surface area contributed by atoms with Gasteiger partial charge in [-0.3, -0.25) is 0 Å². The fourth-order valence-electron chi connectivity index (χ4n) is 0.873. The number of hydrogen-bond acceptors (Lipinski definition) is 4. The van der Waals surface area contributed by atoms with E-state index in [1.165, 1.54) is 11.8 Å². The summed E-state index contributed by atoms with van der Waals surface area (Å²) in [4.78, 5) is 8.26. The molecule has 0 spiro atoms. The quantitative estimate of drug-likeness (QED) is 0.724. The van der Waals surface area contributed by atoms with Crippen LogP contribution in [0.5, 0.6) is 0 Å².